The van der Waals surface area contributed by atoms with Crippen molar-refractivity contribution in [3.05, 3.63) is 0 Å². The van der Waals surface area contributed by atoms with Gasteiger partial charge in [-0.25, -0.2) is 0 Å². The molecule has 0 N–H and O–H groups in total. The number of hydrogen-bond donors (Lipinski definition) is 1. The van der Waals surface area contributed by atoms with Gasteiger partial charge in [0.25, 0.3) is 0 Å². The smallest absolute Gasteiger partial charge is 0.0507 e. The predicted molar refractivity (Wildman–Crippen MR) is 106 cm³/mol. The highest BCUT2D eigenvalue weighted by Gasteiger charge is 2.26. The van der Waals surface area contributed by atoms with Gasteiger partial charge in [0.2, 0.25) is 0 Å². The van der Waals surface area contributed by atoms with Crippen LogP contribution in [0, 0.1) is 5.41 Å². The van der Waals surface area contributed by atoms with Gasteiger partial charge in [-0.2, -0.15) is 0 Å². The van der Waals surface area contributed by atoms with Gasteiger partial charge in [0.05, 0.1) is 4.20 Å². The van der Waals surface area contributed by atoms with E-state index in [1.807, 2.05) is 0 Å². The standard InChI is InChI=1S/C19H38S2/c1-4-6-8-10-12-14-16-19(3,18(20)21)17-15-13-11-9-7-5-2/h4-17H2,1-3H3,(H,20,21). The summed E-state index contributed by atoms with van der Waals surface area (Å²) in [5.74, 6) is 0. The van der Waals surface area contributed by atoms with Gasteiger partial charge in [0, 0.05) is 5.41 Å². The van der Waals surface area contributed by atoms with Crippen molar-refractivity contribution in [2.75, 3.05) is 0 Å². The van der Waals surface area contributed by atoms with Crippen molar-refractivity contribution in [1.29, 1.82) is 0 Å². The Hall–Kier alpha value is 0.440. The van der Waals surface area contributed by atoms with Crippen LogP contribution < -0.4 is 0 Å². The van der Waals surface area contributed by atoms with Gasteiger partial charge in [0.1, 0.15) is 0 Å². The normalized spacial score (nSPS) is 11.8. The average molecular weight is 331 g/mol. The van der Waals surface area contributed by atoms with E-state index in [0.717, 1.165) is 4.20 Å². The second kappa shape index (κ2) is 14.1. The minimum atomic E-state index is 0.188. The molecule has 0 aromatic rings. The van der Waals surface area contributed by atoms with E-state index in [0.29, 0.717) is 0 Å². The molecule has 0 aliphatic heterocycles. The Morgan fingerprint density at radius 2 is 1.05 bits per heavy atom. The summed E-state index contributed by atoms with van der Waals surface area (Å²) in [5, 5.41) is 0. The van der Waals surface area contributed by atoms with E-state index in [9.17, 15) is 0 Å². The molecule has 0 aliphatic carbocycles. The summed E-state index contributed by atoms with van der Waals surface area (Å²) >= 11 is 9.96. The van der Waals surface area contributed by atoms with E-state index in [2.05, 4.69) is 33.4 Å². The van der Waals surface area contributed by atoms with Crippen molar-refractivity contribution in [3.8, 4) is 0 Å². The molecule has 0 spiro atoms. The zero-order chi connectivity index (χ0) is 16.0. The fourth-order valence-corrected chi connectivity index (χ4v) is 3.36. The highest BCUT2D eigenvalue weighted by molar-refractivity contribution is 8.11. The van der Waals surface area contributed by atoms with Crippen molar-refractivity contribution in [2.24, 2.45) is 5.41 Å². The fourth-order valence-electron chi connectivity index (χ4n) is 2.93. The third-order valence-corrected chi connectivity index (χ3v) is 5.71. The second-order valence-electron chi connectivity index (χ2n) is 6.90. The first-order chi connectivity index (χ1) is 10.1. The third kappa shape index (κ3) is 11.6. The Morgan fingerprint density at radius 1 is 0.714 bits per heavy atom. The molecule has 0 amide bonds. The number of thiocarbonyl (C=S) groups is 1. The van der Waals surface area contributed by atoms with Gasteiger partial charge in [-0.15, -0.1) is 12.6 Å². The molecule has 0 aromatic carbocycles. The monoisotopic (exact) mass is 330 g/mol. The van der Waals surface area contributed by atoms with E-state index < -0.39 is 0 Å². The summed E-state index contributed by atoms with van der Waals surface area (Å²) < 4.78 is 0.935. The average Bonchev–Trinajstić information content (AvgIpc) is 2.46. The summed E-state index contributed by atoms with van der Waals surface area (Å²) in [4.78, 5) is 0. The largest absolute Gasteiger partial charge is 0.136 e. The van der Waals surface area contributed by atoms with Gasteiger partial charge in [0.15, 0.2) is 0 Å². The molecule has 0 unspecified atom stereocenters. The quantitative estimate of drug-likeness (QED) is 0.182. The zero-order valence-corrected chi connectivity index (χ0v) is 16.5. The van der Waals surface area contributed by atoms with Crippen LogP contribution in [0.15, 0.2) is 0 Å². The number of hydrogen-bond acceptors (Lipinski definition) is 1. The Bertz CT molecular complexity index is 232. The van der Waals surface area contributed by atoms with Crippen LogP contribution in [-0.2, 0) is 0 Å². The van der Waals surface area contributed by atoms with E-state index >= 15 is 0 Å². The van der Waals surface area contributed by atoms with Gasteiger partial charge in [-0.1, -0.05) is 110 Å². The molecule has 0 heterocycles. The predicted octanol–water partition coefficient (Wildman–Crippen LogP) is 7.75. The number of unbranched alkanes of at least 4 members (excludes halogenated alkanes) is 10. The molecular weight excluding hydrogens is 292 g/mol. The van der Waals surface area contributed by atoms with Crippen LogP contribution in [-0.4, -0.2) is 4.20 Å². The van der Waals surface area contributed by atoms with Crippen molar-refractivity contribution in [2.45, 2.75) is 111 Å². The highest BCUT2D eigenvalue weighted by Crippen LogP contribution is 2.34. The Morgan fingerprint density at radius 3 is 1.38 bits per heavy atom. The van der Waals surface area contributed by atoms with E-state index in [1.54, 1.807) is 0 Å². The lowest BCUT2D eigenvalue weighted by Gasteiger charge is -2.28. The first-order valence-electron chi connectivity index (χ1n) is 9.30. The van der Waals surface area contributed by atoms with Gasteiger partial charge >= 0.3 is 0 Å². The lowest BCUT2D eigenvalue weighted by Crippen LogP contribution is -2.22. The Kier molecular flexibility index (Phi) is 14.4. The van der Waals surface area contributed by atoms with E-state index in [4.69, 9.17) is 12.2 Å². The number of thiol groups is 1. The van der Waals surface area contributed by atoms with Crippen molar-refractivity contribution >= 4 is 29.0 Å². The van der Waals surface area contributed by atoms with Gasteiger partial charge in [-0.05, 0) is 12.8 Å². The third-order valence-electron chi connectivity index (χ3n) is 4.68. The molecule has 126 valence electrons. The molecule has 21 heavy (non-hydrogen) atoms. The molecular formula is C19H38S2. The summed E-state index contributed by atoms with van der Waals surface area (Å²) in [6, 6.07) is 0. The maximum absolute atomic E-state index is 5.43. The maximum atomic E-state index is 5.43. The molecule has 0 saturated carbocycles. The van der Waals surface area contributed by atoms with Crippen LogP contribution in [0.3, 0.4) is 0 Å². The van der Waals surface area contributed by atoms with Crippen molar-refractivity contribution in [1.82, 2.24) is 0 Å². The van der Waals surface area contributed by atoms with E-state index in [1.165, 1.54) is 89.9 Å². The summed E-state index contributed by atoms with van der Waals surface area (Å²) in [6.07, 6.45) is 18.8. The zero-order valence-electron chi connectivity index (χ0n) is 14.8. The summed E-state index contributed by atoms with van der Waals surface area (Å²) in [5.41, 5.74) is 0.188. The fraction of sp³-hybridized carbons (Fsp3) is 0.947. The van der Waals surface area contributed by atoms with Crippen molar-refractivity contribution in [3.63, 3.8) is 0 Å². The summed E-state index contributed by atoms with van der Waals surface area (Å²) in [6.45, 7) is 6.88. The molecule has 0 nitrogen and oxygen atoms in total. The molecule has 0 aliphatic rings. The molecule has 0 fully saturated rings. The minimum Gasteiger partial charge on any atom is -0.136 e. The molecule has 2 heteroatoms. The van der Waals surface area contributed by atoms with Crippen LogP contribution in [0.1, 0.15) is 111 Å². The lowest BCUT2D eigenvalue weighted by molar-refractivity contribution is 0.364. The molecule has 0 bridgehead atoms. The SMILES string of the molecule is CCCCCCCCC(C)(CCCCCCCC)C(=S)S. The van der Waals surface area contributed by atoms with Crippen LogP contribution in [0.5, 0.6) is 0 Å². The first kappa shape index (κ1) is 21.4. The lowest BCUT2D eigenvalue weighted by atomic mass is 9.81. The topological polar surface area (TPSA) is 0 Å². The second-order valence-corrected chi connectivity index (χ2v) is 8.06. The minimum absolute atomic E-state index is 0.188. The van der Waals surface area contributed by atoms with Crippen LogP contribution in [0.4, 0.5) is 0 Å². The van der Waals surface area contributed by atoms with Gasteiger partial charge < -0.3 is 0 Å². The molecule has 0 saturated heterocycles. The van der Waals surface area contributed by atoms with E-state index in [-0.39, 0.29) is 5.41 Å². The molecule has 0 atom stereocenters. The van der Waals surface area contributed by atoms with Gasteiger partial charge in [-0.3, -0.25) is 0 Å². The summed E-state index contributed by atoms with van der Waals surface area (Å²) in [7, 11) is 0. The number of rotatable bonds is 15. The maximum Gasteiger partial charge on any atom is 0.0507 e. The molecule has 0 radical (unpaired) electrons. The Balaban J connectivity index is 3.82. The van der Waals surface area contributed by atoms with Crippen LogP contribution in [0.2, 0.25) is 0 Å². The molecule has 0 aromatic heterocycles. The van der Waals surface area contributed by atoms with Crippen LogP contribution >= 0.6 is 24.8 Å². The highest BCUT2D eigenvalue weighted by atomic mass is 32.1. The Labute approximate surface area is 145 Å². The van der Waals surface area contributed by atoms with Crippen LogP contribution in [0.25, 0.3) is 0 Å². The molecule has 0 rings (SSSR count). The van der Waals surface area contributed by atoms with Crippen molar-refractivity contribution < 1.29 is 0 Å². The first-order valence-corrected chi connectivity index (χ1v) is 10.2.